The lowest BCUT2D eigenvalue weighted by Crippen LogP contribution is -2.30. The molecule has 1 atom stereocenters. The summed E-state index contributed by atoms with van der Waals surface area (Å²) in [6, 6.07) is 20.4. The van der Waals surface area contributed by atoms with E-state index < -0.39 is 11.9 Å². The average molecular weight is 372 g/mol. The first-order valence-electron chi connectivity index (χ1n) is 9.07. The first-order valence-corrected chi connectivity index (χ1v) is 9.07. The maximum absolute atomic E-state index is 14.1. The molecule has 5 heteroatoms. The molecule has 0 radical (unpaired) electrons. The number of amides is 1. The molecule has 5 rings (SSSR count). The first-order chi connectivity index (χ1) is 13.6. The fourth-order valence-electron chi connectivity index (χ4n) is 3.98. The second-order valence-electron chi connectivity index (χ2n) is 7.01. The van der Waals surface area contributed by atoms with E-state index >= 15 is 0 Å². The summed E-state index contributed by atoms with van der Waals surface area (Å²) in [7, 11) is 0. The van der Waals surface area contributed by atoms with Crippen LogP contribution in [0.5, 0.6) is 5.75 Å². The highest BCUT2D eigenvalue weighted by molar-refractivity contribution is 5.99. The van der Waals surface area contributed by atoms with Crippen LogP contribution < -0.4 is 0 Å². The lowest BCUT2D eigenvalue weighted by atomic mass is 10.0. The number of phenolic OH excluding ortho intramolecular Hbond substituents is 1. The van der Waals surface area contributed by atoms with Crippen molar-refractivity contribution >= 4 is 16.8 Å². The van der Waals surface area contributed by atoms with Gasteiger partial charge in [-0.15, -0.1) is 0 Å². The summed E-state index contributed by atoms with van der Waals surface area (Å²) in [6.45, 7) is 0.394. The third-order valence-corrected chi connectivity index (χ3v) is 5.29. The van der Waals surface area contributed by atoms with Gasteiger partial charge in [-0.1, -0.05) is 36.4 Å². The van der Waals surface area contributed by atoms with Crippen molar-refractivity contribution in [1.29, 1.82) is 0 Å². The zero-order valence-electron chi connectivity index (χ0n) is 14.9. The van der Waals surface area contributed by atoms with Crippen molar-refractivity contribution in [3.05, 3.63) is 101 Å². The number of aromatic amines is 1. The van der Waals surface area contributed by atoms with Crippen molar-refractivity contribution in [1.82, 2.24) is 9.88 Å². The summed E-state index contributed by atoms with van der Waals surface area (Å²) >= 11 is 0. The van der Waals surface area contributed by atoms with E-state index in [0.717, 1.165) is 22.2 Å². The minimum Gasteiger partial charge on any atom is -0.508 e. The van der Waals surface area contributed by atoms with Gasteiger partial charge in [-0.3, -0.25) is 4.79 Å². The van der Waals surface area contributed by atoms with E-state index in [1.165, 1.54) is 18.2 Å². The SMILES string of the molecule is O=C1c2ccccc2CN1[C@H](c1cc2ccccc2[nH]1)c1cc(F)ccc1O. The molecular formula is C23H17FN2O2. The smallest absolute Gasteiger partial charge is 0.255 e. The van der Waals surface area contributed by atoms with Crippen LogP contribution in [0.15, 0.2) is 72.8 Å². The van der Waals surface area contributed by atoms with Crippen LogP contribution in [0.2, 0.25) is 0 Å². The Balaban J connectivity index is 1.69. The highest BCUT2D eigenvalue weighted by Gasteiger charge is 2.36. The molecule has 2 N–H and O–H groups in total. The van der Waals surface area contributed by atoms with Crippen molar-refractivity contribution in [2.45, 2.75) is 12.6 Å². The molecule has 0 spiro atoms. The second kappa shape index (κ2) is 6.23. The van der Waals surface area contributed by atoms with Gasteiger partial charge < -0.3 is 15.0 Å². The fraction of sp³-hybridized carbons (Fsp3) is 0.0870. The fourth-order valence-corrected chi connectivity index (χ4v) is 3.98. The number of hydrogen-bond acceptors (Lipinski definition) is 2. The average Bonchev–Trinajstić information content (AvgIpc) is 3.27. The number of phenols is 1. The van der Waals surface area contributed by atoms with Crippen molar-refractivity contribution in [3.8, 4) is 5.75 Å². The maximum Gasteiger partial charge on any atom is 0.255 e. The van der Waals surface area contributed by atoms with Gasteiger partial charge in [-0.2, -0.15) is 0 Å². The van der Waals surface area contributed by atoms with Crippen LogP contribution in [0.1, 0.15) is 33.2 Å². The van der Waals surface area contributed by atoms with E-state index in [1.54, 1.807) is 11.0 Å². The number of hydrogen-bond donors (Lipinski definition) is 2. The number of fused-ring (bicyclic) bond motifs is 2. The predicted octanol–water partition coefficient (Wildman–Crippen LogP) is 4.76. The molecular weight excluding hydrogens is 355 g/mol. The Labute approximate surface area is 160 Å². The number of para-hydroxylation sites is 1. The van der Waals surface area contributed by atoms with Crippen LogP contribution in [0.25, 0.3) is 10.9 Å². The predicted molar refractivity (Wildman–Crippen MR) is 105 cm³/mol. The van der Waals surface area contributed by atoms with E-state index in [2.05, 4.69) is 4.98 Å². The zero-order chi connectivity index (χ0) is 19.3. The third kappa shape index (κ3) is 2.55. The maximum atomic E-state index is 14.1. The molecule has 1 aromatic heterocycles. The summed E-state index contributed by atoms with van der Waals surface area (Å²) in [4.78, 5) is 18.1. The summed E-state index contributed by atoms with van der Waals surface area (Å²) in [6.07, 6.45) is 0. The van der Waals surface area contributed by atoms with Crippen molar-refractivity contribution in [2.24, 2.45) is 0 Å². The molecule has 1 aliphatic rings. The summed E-state index contributed by atoms with van der Waals surface area (Å²) in [5.41, 5.74) is 3.56. The van der Waals surface area contributed by atoms with Gasteiger partial charge in [-0.05, 0) is 47.3 Å². The molecule has 3 aromatic carbocycles. The van der Waals surface area contributed by atoms with Gasteiger partial charge in [0.25, 0.3) is 5.91 Å². The molecule has 0 fully saturated rings. The molecule has 138 valence electrons. The molecule has 0 saturated heterocycles. The molecule has 28 heavy (non-hydrogen) atoms. The van der Waals surface area contributed by atoms with Crippen LogP contribution in [-0.4, -0.2) is 20.9 Å². The van der Waals surface area contributed by atoms with Crippen molar-refractivity contribution in [2.75, 3.05) is 0 Å². The molecule has 0 unspecified atom stereocenters. The Bertz CT molecular complexity index is 1180. The monoisotopic (exact) mass is 372 g/mol. The van der Waals surface area contributed by atoms with E-state index in [9.17, 15) is 14.3 Å². The van der Waals surface area contributed by atoms with Gasteiger partial charge in [0.2, 0.25) is 0 Å². The Kier molecular flexibility index (Phi) is 3.69. The summed E-state index contributed by atoms with van der Waals surface area (Å²) in [5, 5.41) is 11.5. The third-order valence-electron chi connectivity index (χ3n) is 5.29. The minimum absolute atomic E-state index is 0.0474. The van der Waals surface area contributed by atoms with Crippen LogP contribution in [0.3, 0.4) is 0 Å². The number of carbonyl (C=O) groups excluding carboxylic acids is 1. The molecule has 4 aromatic rings. The molecule has 4 nitrogen and oxygen atoms in total. The Hall–Kier alpha value is -3.60. The van der Waals surface area contributed by atoms with Crippen LogP contribution in [0.4, 0.5) is 4.39 Å². The lowest BCUT2D eigenvalue weighted by Gasteiger charge is -2.28. The molecule has 0 bridgehead atoms. The topological polar surface area (TPSA) is 56.3 Å². The molecule has 1 aliphatic heterocycles. The van der Waals surface area contributed by atoms with Crippen molar-refractivity contribution in [3.63, 3.8) is 0 Å². The van der Waals surface area contributed by atoms with Gasteiger partial charge in [0.1, 0.15) is 17.6 Å². The van der Waals surface area contributed by atoms with Gasteiger partial charge >= 0.3 is 0 Å². The van der Waals surface area contributed by atoms with E-state index in [1.807, 2.05) is 48.5 Å². The van der Waals surface area contributed by atoms with Crippen LogP contribution in [-0.2, 0) is 6.54 Å². The molecule has 0 aliphatic carbocycles. The number of H-pyrrole nitrogens is 1. The second-order valence-corrected chi connectivity index (χ2v) is 7.01. The quantitative estimate of drug-likeness (QED) is 0.545. The highest BCUT2D eigenvalue weighted by atomic mass is 19.1. The number of aromatic hydroxyl groups is 1. The number of halogens is 1. The number of rotatable bonds is 3. The van der Waals surface area contributed by atoms with Gasteiger partial charge in [0.15, 0.2) is 0 Å². The minimum atomic E-state index is -0.636. The van der Waals surface area contributed by atoms with Crippen LogP contribution >= 0.6 is 0 Å². The largest absolute Gasteiger partial charge is 0.508 e. The van der Waals surface area contributed by atoms with E-state index in [0.29, 0.717) is 17.7 Å². The number of carbonyl (C=O) groups is 1. The number of benzene rings is 3. The first kappa shape index (κ1) is 16.6. The van der Waals surface area contributed by atoms with Gasteiger partial charge in [-0.25, -0.2) is 4.39 Å². The highest BCUT2D eigenvalue weighted by Crippen LogP contribution is 2.39. The Morgan fingerprint density at radius 3 is 2.61 bits per heavy atom. The van der Waals surface area contributed by atoms with Gasteiger partial charge in [0.05, 0.1) is 0 Å². The van der Waals surface area contributed by atoms with Gasteiger partial charge in [0, 0.05) is 28.9 Å². The standard InChI is InChI=1S/C23H17FN2O2/c24-16-9-10-21(27)18(12-16)22(20-11-14-5-2-4-8-19(14)25-20)26-13-15-6-1-3-7-17(15)23(26)28/h1-12,22,25,27H,13H2/t22-/m0/s1. The number of aromatic nitrogens is 1. The lowest BCUT2D eigenvalue weighted by molar-refractivity contribution is 0.0726. The zero-order valence-corrected chi connectivity index (χ0v) is 14.9. The Morgan fingerprint density at radius 2 is 1.79 bits per heavy atom. The number of nitrogens with one attached hydrogen (secondary N) is 1. The van der Waals surface area contributed by atoms with Crippen molar-refractivity contribution < 1.29 is 14.3 Å². The number of nitrogens with zero attached hydrogens (tertiary/aromatic N) is 1. The van der Waals surface area contributed by atoms with E-state index in [4.69, 9.17) is 0 Å². The summed E-state index contributed by atoms with van der Waals surface area (Å²) < 4.78 is 14.1. The molecule has 2 heterocycles. The molecule has 1 amide bonds. The molecule has 0 saturated carbocycles. The Morgan fingerprint density at radius 1 is 1.00 bits per heavy atom. The van der Waals surface area contributed by atoms with Crippen LogP contribution in [0, 0.1) is 5.82 Å². The normalized spacial score (nSPS) is 14.5. The summed E-state index contributed by atoms with van der Waals surface area (Å²) in [5.74, 6) is -0.644. The van der Waals surface area contributed by atoms with E-state index in [-0.39, 0.29) is 11.7 Å².